The Kier molecular flexibility index (Phi) is 6.73. The SMILES string of the molecule is CC(F)(F)C(F)(F)C(F)(F)OOSOc1ccc(C2CCCCC2)cc1. The van der Waals surface area contributed by atoms with Crippen molar-refractivity contribution in [2.75, 3.05) is 0 Å². The van der Waals surface area contributed by atoms with Crippen LogP contribution in [-0.2, 0) is 9.22 Å². The molecule has 1 aliphatic rings. The molecule has 26 heavy (non-hydrogen) atoms. The van der Waals surface area contributed by atoms with E-state index in [0.717, 1.165) is 18.4 Å². The van der Waals surface area contributed by atoms with Crippen LogP contribution >= 0.6 is 12.3 Å². The molecule has 3 nitrogen and oxygen atoms in total. The van der Waals surface area contributed by atoms with E-state index in [1.807, 2.05) is 12.1 Å². The van der Waals surface area contributed by atoms with E-state index >= 15 is 0 Å². The first-order valence-corrected chi connectivity index (χ1v) is 8.64. The van der Waals surface area contributed by atoms with E-state index < -0.39 is 18.0 Å². The summed E-state index contributed by atoms with van der Waals surface area (Å²) < 4.78 is 85.6. The van der Waals surface area contributed by atoms with Gasteiger partial charge in [-0.3, -0.25) is 0 Å². The Morgan fingerprint density at radius 1 is 0.923 bits per heavy atom. The molecule has 1 fully saturated rings. The van der Waals surface area contributed by atoms with Crippen LogP contribution in [0.5, 0.6) is 5.75 Å². The van der Waals surface area contributed by atoms with Gasteiger partial charge in [0.15, 0.2) is 0 Å². The molecule has 2 rings (SSSR count). The zero-order valence-corrected chi connectivity index (χ0v) is 14.6. The molecule has 0 radical (unpaired) electrons. The van der Waals surface area contributed by atoms with Gasteiger partial charge in [0, 0.05) is 6.92 Å². The number of alkyl halides is 6. The largest absolute Gasteiger partial charge is 0.452 e. The van der Waals surface area contributed by atoms with Gasteiger partial charge in [0.1, 0.15) is 5.75 Å². The molecule has 1 aromatic rings. The number of rotatable bonds is 8. The molecule has 0 unspecified atom stereocenters. The average molecular weight is 404 g/mol. The molecule has 1 aromatic carbocycles. The van der Waals surface area contributed by atoms with Crippen LogP contribution < -0.4 is 4.18 Å². The summed E-state index contributed by atoms with van der Waals surface area (Å²) in [5, 5.41) is 0. The lowest BCUT2D eigenvalue weighted by Crippen LogP contribution is -2.53. The third-order valence-electron chi connectivity index (χ3n) is 4.17. The quantitative estimate of drug-likeness (QED) is 0.162. The van der Waals surface area contributed by atoms with Gasteiger partial charge in [0.05, 0.1) is 0 Å². The topological polar surface area (TPSA) is 27.7 Å². The highest BCUT2D eigenvalue weighted by Crippen LogP contribution is 2.46. The molecule has 1 saturated carbocycles. The zero-order valence-electron chi connectivity index (χ0n) is 13.8. The third-order valence-corrected chi connectivity index (χ3v) is 4.55. The normalized spacial score (nSPS) is 17.3. The van der Waals surface area contributed by atoms with Crippen LogP contribution in [0.15, 0.2) is 24.3 Å². The Labute approximate surface area is 151 Å². The Morgan fingerprint density at radius 3 is 2.04 bits per heavy atom. The van der Waals surface area contributed by atoms with Gasteiger partial charge in [-0.15, -0.1) is 9.22 Å². The zero-order chi connectivity index (χ0) is 19.4. The summed E-state index contributed by atoms with van der Waals surface area (Å²) in [4.78, 5) is 3.14. The lowest BCUT2D eigenvalue weighted by atomic mass is 9.84. The van der Waals surface area contributed by atoms with E-state index in [0.29, 0.717) is 5.92 Å². The highest BCUT2D eigenvalue weighted by atomic mass is 32.2. The van der Waals surface area contributed by atoms with Crippen LogP contribution in [0.4, 0.5) is 26.3 Å². The van der Waals surface area contributed by atoms with Crippen molar-refractivity contribution in [3.63, 3.8) is 0 Å². The standard InChI is InChI=1S/C16H18F6O3S/c1-14(17,18)15(19,20)16(21,22)24-25-26-23-13-9-7-12(8-10-13)11-5-3-2-4-6-11/h7-11H,2-6H2,1H3. The molecule has 148 valence electrons. The first-order chi connectivity index (χ1) is 12.0. The molecule has 0 atom stereocenters. The lowest BCUT2D eigenvalue weighted by Gasteiger charge is -2.28. The second-order valence-electron chi connectivity index (χ2n) is 6.19. The predicted molar refractivity (Wildman–Crippen MR) is 83.2 cm³/mol. The fourth-order valence-corrected chi connectivity index (χ4v) is 2.98. The maximum absolute atomic E-state index is 13.0. The maximum atomic E-state index is 13.0. The fourth-order valence-electron chi connectivity index (χ4n) is 2.65. The number of benzene rings is 1. The van der Waals surface area contributed by atoms with Gasteiger partial charge in [-0.05, 0) is 36.5 Å². The van der Waals surface area contributed by atoms with Gasteiger partial charge in [0.25, 0.3) is 12.3 Å². The molecule has 10 heteroatoms. The highest BCUT2D eigenvalue weighted by molar-refractivity contribution is 7.90. The van der Waals surface area contributed by atoms with Crippen LogP contribution in [0, 0.1) is 0 Å². The smallest absolute Gasteiger partial charge is 0.399 e. The van der Waals surface area contributed by atoms with Gasteiger partial charge in [-0.25, -0.2) is 0 Å². The average Bonchev–Trinajstić information content (AvgIpc) is 2.59. The Hall–Kier alpha value is -1.13. The van der Waals surface area contributed by atoms with Gasteiger partial charge >= 0.3 is 18.0 Å². The molecule has 0 heterocycles. The molecule has 0 N–H and O–H groups in total. The van der Waals surface area contributed by atoms with E-state index in [2.05, 4.69) is 9.22 Å². The van der Waals surface area contributed by atoms with Crippen molar-refractivity contribution in [3.05, 3.63) is 29.8 Å². The minimum atomic E-state index is -5.75. The Morgan fingerprint density at radius 2 is 1.50 bits per heavy atom. The van der Waals surface area contributed by atoms with Crippen molar-refractivity contribution >= 4 is 12.3 Å². The van der Waals surface area contributed by atoms with Crippen molar-refractivity contribution in [2.24, 2.45) is 0 Å². The van der Waals surface area contributed by atoms with E-state index in [-0.39, 0.29) is 25.0 Å². The molecule has 0 bridgehead atoms. The predicted octanol–water partition coefficient (Wildman–Crippen LogP) is 6.51. The molecule has 0 spiro atoms. The van der Waals surface area contributed by atoms with E-state index in [9.17, 15) is 26.3 Å². The lowest BCUT2D eigenvalue weighted by molar-refractivity contribution is -0.470. The molecular formula is C16H18F6O3S. The molecule has 0 amide bonds. The maximum Gasteiger partial charge on any atom is 0.452 e. The van der Waals surface area contributed by atoms with Gasteiger partial charge in [-0.1, -0.05) is 31.4 Å². The molecular weight excluding hydrogens is 386 g/mol. The highest BCUT2D eigenvalue weighted by Gasteiger charge is 2.72. The Bertz CT molecular complexity index is 570. The summed E-state index contributed by atoms with van der Waals surface area (Å²) in [7, 11) is 0. The van der Waals surface area contributed by atoms with Gasteiger partial charge < -0.3 is 4.18 Å². The van der Waals surface area contributed by atoms with E-state index in [1.54, 1.807) is 12.1 Å². The third kappa shape index (κ3) is 4.98. The van der Waals surface area contributed by atoms with Crippen LogP contribution in [0.2, 0.25) is 0 Å². The number of halogens is 6. The van der Waals surface area contributed by atoms with Crippen LogP contribution in [-0.4, -0.2) is 18.0 Å². The summed E-state index contributed by atoms with van der Waals surface area (Å²) >= 11 is -0.179. The van der Waals surface area contributed by atoms with E-state index in [1.165, 1.54) is 19.3 Å². The van der Waals surface area contributed by atoms with Crippen molar-refractivity contribution < 1.29 is 39.7 Å². The molecule has 1 aliphatic carbocycles. The summed E-state index contributed by atoms with van der Waals surface area (Å²) in [5.74, 6) is -10.1. The van der Waals surface area contributed by atoms with Crippen molar-refractivity contribution in [3.8, 4) is 5.75 Å². The summed E-state index contributed by atoms with van der Waals surface area (Å²) in [6.07, 6.45) is 0.208. The van der Waals surface area contributed by atoms with Gasteiger partial charge in [0.2, 0.25) is 0 Å². The van der Waals surface area contributed by atoms with Crippen molar-refractivity contribution in [2.45, 2.75) is 62.9 Å². The summed E-state index contributed by atoms with van der Waals surface area (Å²) in [6, 6.07) is 6.75. The molecule has 0 saturated heterocycles. The van der Waals surface area contributed by atoms with Crippen molar-refractivity contribution in [1.29, 1.82) is 0 Å². The fraction of sp³-hybridized carbons (Fsp3) is 0.625. The molecule has 0 aliphatic heterocycles. The minimum absolute atomic E-state index is 0.179. The first kappa shape index (κ1) is 21.2. The van der Waals surface area contributed by atoms with Crippen molar-refractivity contribution in [1.82, 2.24) is 0 Å². The second kappa shape index (κ2) is 8.26. The number of hydrogen-bond donors (Lipinski definition) is 0. The first-order valence-electron chi connectivity index (χ1n) is 7.97. The van der Waals surface area contributed by atoms with Crippen LogP contribution in [0.1, 0.15) is 50.5 Å². The minimum Gasteiger partial charge on any atom is -0.399 e. The Balaban J connectivity index is 1.80. The monoisotopic (exact) mass is 404 g/mol. The molecule has 0 aromatic heterocycles. The second-order valence-corrected chi connectivity index (χ2v) is 6.63. The van der Waals surface area contributed by atoms with Crippen LogP contribution in [0.25, 0.3) is 0 Å². The van der Waals surface area contributed by atoms with E-state index in [4.69, 9.17) is 4.18 Å². The number of hydrogen-bond acceptors (Lipinski definition) is 4. The summed E-state index contributed by atoms with van der Waals surface area (Å²) in [6.45, 7) is -0.345. The van der Waals surface area contributed by atoms with Crippen LogP contribution in [0.3, 0.4) is 0 Å². The summed E-state index contributed by atoms with van der Waals surface area (Å²) in [5.41, 5.74) is 1.12. The van der Waals surface area contributed by atoms with Gasteiger partial charge in [-0.2, -0.15) is 26.3 Å².